The molecular weight excluding hydrogens is 235 g/mol. The molecule has 0 amide bonds. The number of aryl methyl sites for hydroxylation is 1. The van der Waals surface area contributed by atoms with Crippen molar-refractivity contribution in [1.29, 1.82) is 0 Å². The lowest BCUT2D eigenvalue weighted by atomic mass is 10.1. The SMILES string of the molecule is CC(C)CCc1noc(-c2ccc(O)cc2F)n1. The number of hydrogen-bond donors (Lipinski definition) is 1. The van der Waals surface area contributed by atoms with Crippen LogP contribution < -0.4 is 0 Å². The van der Waals surface area contributed by atoms with E-state index in [0.717, 1.165) is 12.5 Å². The molecule has 1 aromatic heterocycles. The smallest absolute Gasteiger partial charge is 0.260 e. The second-order valence-corrected chi connectivity index (χ2v) is 4.61. The van der Waals surface area contributed by atoms with E-state index in [1.54, 1.807) is 0 Å². The van der Waals surface area contributed by atoms with Gasteiger partial charge in [0.15, 0.2) is 5.82 Å². The van der Waals surface area contributed by atoms with Gasteiger partial charge in [-0.15, -0.1) is 0 Å². The number of benzene rings is 1. The zero-order valence-corrected chi connectivity index (χ0v) is 10.4. The highest BCUT2D eigenvalue weighted by atomic mass is 19.1. The van der Waals surface area contributed by atoms with Gasteiger partial charge in [-0.3, -0.25) is 0 Å². The second kappa shape index (κ2) is 5.16. The lowest BCUT2D eigenvalue weighted by Gasteiger charge is -1.99. The van der Waals surface area contributed by atoms with E-state index in [2.05, 4.69) is 24.0 Å². The molecule has 0 saturated carbocycles. The molecule has 0 aliphatic carbocycles. The molecule has 0 aliphatic heterocycles. The van der Waals surface area contributed by atoms with E-state index >= 15 is 0 Å². The quantitative estimate of drug-likeness (QED) is 0.905. The highest BCUT2D eigenvalue weighted by Crippen LogP contribution is 2.24. The summed E-state index contributed by atoms with van der Waals surface area (Å²) in [6.45, 7) is 4.22. The Labute approximate surface area is 104 Å². The zero-order chi connectivity index (χ0) is 13.1. The van der Waals surface area contributed by atoms with Crippen molar-refractivity contribution in [2.24, 2.45) is 5.92 Å². The first kappa shape index (κ1) is 12.5. The molecule has 0 fully saturated rings. The molecule has 4 nitrogen and oxygen atoms in total. The van der Waals surface area contributed by atoms with Crippen LogP contribution in [-0.2, 0) is 6.42 Å². The Hall–Kier alpha value is -1.91. The molecule has 0 radical (unpaired) electrons. The van der Waals surface area contributed by atoms with Crippen LogP contribution in [0.15, 0.2) is 22.7 Å². The summed E-state index contributed by atoms with van der Waals surface area (Å²) in [5.74, 6) is 0.569. The Bertz CT molecular complexity index is 538. The summed E-state index contributed by atoms with van der Waals surface area (Å²) in [5, 5.41) is 12.9. The molecule has 0 aliphatic rings. The number of aromatic nitrogens is 2. The van der Waals surface area contributed by atoms with Gasteiger partial charge in [0.1, 0.15) is 11.6 Å². The van der Waals surface area contributed by atoms with E-state index in [9.17, 15) is 4.39 Å². The summed E-state index contributed by atoms with van der Waals surface area (Å²) in [7, 11) is 0. The van der Waals surface area contributed by atoms with E-state index in [4.69, 9.17) is 9.63 Å². The molecule has 1 aromatic carbocycles. The number of hydrogen-bond acceptors (Lipinski definition) is 4. The summed E-state index contributed by atoms with van der Waals surface area (Å²) >= 11 is 0. The first-order valence-corrected chi connectivity index (χ1v) is 5.87. The highest BCUT2D eigenvalue weighted by Gasteiger charge is 2.13. The third-order valence-corrected chi connectivity index (χ3v) is 2.60. The van der Waals surface area contributed by atoms with Crippen molar-refractivity contribution in [3.05, 3.63) is 29.8 Å². The van der Waals surface area contributed by atoms with Crippen molar-refractivity contribution in [3.63, 3.8) is 0 Å². The Kier molecular flexibility index (Phi) is 3.60. The van der Waals surface area contributed by atoms with Gasteiger partial charge in [-0.25, -0.2) is 4.39 Å². The van der Waals surface area contributed by atoms with Crippen molar-refractivity contribution < 1.29 is 14.0 Å². The van der Waals surface area contributed by atoms with Gasteiger partial charge in [-0.05, 0) is 24.5 Å². The number of phenols is 1. The Balaban J connectivity index is 2.18. The van der Waals surface area contributed by atoms with Crippen molar-refractivity contribution in [2.45, 2.75) is 26.7 Å². The third-order valence-electron chi connectivity index (χ3n) is 2.60. The molecular formula is C13H15FN2O2. The minimum Gasteiger partial charge on any atom is -0.508 e. The van der Waals surface area contributed by atoms with Crippen molar-refractivity contribution in [1.82, 2.24) is 10.1 Å². The minimum atomic E-state index is -0.575. The van der Waals surface area contributed by atoms with Gasteiger partial charge in [0.05, 0.1) is 5.56 Å². The molecule has 0 spiro atoms. The predicted molar refractivity (Wildman–Crippen MR) is 64.5 cm³/mol. The summed E-state index contributed by atoms with van der Waals surface area (Å²) in [6, 6.07) is 3.83. The Morgan fingerprint density at radius 3 is 2.83 bits per heavy atom. The standard InChI is InChI=1S/C13H15FN2O2/c1-8(2)3-6-12-15-13(18-16-12)10-5-4-9(17)7-11(10)14/h4-5,7-8,17H,3,6H2,1-2H3. The molecule has 0 saturated heterocycles. The first-order valence-electron chi connectivity index (χ1n) is 5.87. The summed E-state index contributed by atoms with van der Waals surface area (Å²) in [6.07, 6.45) is 1.66. The average molecular weight is 250 g/mol. The fraction of sp³-hybridized carbons (Fsp3) is 0.385. The average Bonchev–Trinajstić information content (AvgIpc) is 2.75. The van der Waals surface area contributed by atoms with Crippen LogP contribution in [0.25, 0.3) is 11.5 Å². The molecule has 0 atom stereocenters. The van der Waals surface area contributed by atoms with Gasteiger partial charge >= 0.3 is 0 Å². The van der Waals surface area contributed by atoms with Gasteiger partial charge < -0.3 is 9.63 Å². The zero-order valence-electron chi connectivity index (χ0n) is 10.4. The van der Waals surface area contributed by atoms with E-state index in [0.29, 0.717) is 18.2 Å². The first-order chi connectivity index (χ1) is 8.56. The molecule has 5 heteroatoms. The second-order valence-electron chi connectivity index (χ2n) is 4.61. The molecule has 18 heavy (non-hydrogen) atoms. The molecule has 0 unspecified atom stereocenters. The lowest BCUT2D eigenvalue weighted by Crippen LogP contribution is -1.94. The number of nitrogens with zero attached hydrogens (tertiary/aromatic N) is 2. The summed E-state index contributed by atoms with van der Waals surface area (Å²) in [4.78, 5) is 4.14. The maximum absolute atomic E-state index is 13.6. The molecule has 1 heterocycles. The Morgan fingerprint density at radius 1 is 1.39 bits per heavy atom. The van der Waals surface area contributed by atoms with Crippen LogP contribution in [0.3, 0.4) is 0 Å². The fourth-order valence-corrected chi connectivity index (χ4v) is 1.56. The third kappa shape index (κ3) is 2.85. The minimum absolute atomic E-state index is 0.129. The van der Waals surface area contributed by atoms with Crippen molar-refractivity contribution >= 4 is 0 Å². The highest BCUT2D eigenvalue weighted by molar-refractivity contribution is 5.55. The number of halogens is 1. The van der Waals surface area contributed by atoms with Gasteiger partial charge in [-0.1, -0.05) is 19.0 Å². The molecule has 2 rings (SSSR count). The lowest BCUT2D eigenvalue weighted by molar-refractivity contribution is 0.416. The van der Waals surface area contributed by atoms with Crippen LogP contribution in [0, 0.1) is 11.7 Å². The number of aromatic hydroxyl groups is 1. The van der Waals surface area contributed by atoms with Crippen LogP contribution in [0.2, 0.25) is 0 Å². The molecule has 0 bridgehead atoms. The van der Waals surface area contributed by atoms with Crippen LogP contribution in [0.5, 0.6) is 5.75 Å². The predicted octanol–water partition coefficient (Wildman–Crippen LogP) is 3.17. The van der Waals surface area contributed by atoms with Crippen LogP contribution in [-0.4, -0.2) is 15.2 Å². The Morgan fingerprint density at radius 2 is 2.17 bits per heavy atom. The summed E-state index contributed by atoms with van der Waals surface area (Å²) in [5.41, 5.74) is 0.205. The van der Waals surface area contributed by atoms with Gasteiger partial charge in [0.25, 0.3) is 5.89 Å². The van der Waals surface area contributed by atoms with E-state index in [1.807, 2.05) is 0 Å². The molecule has 96 valence electrons. The fourth-order valence-electron chi connectivity index (χ4n) is 1.56. The van der Waals surface area contributed by atoms with Crippen molar-refractivity contribution in [3.8, 4) is 17.2 Å². The van der Waals surface area contributed by atoms with E-state index in [1.165, 1.54) is 12.1 Å². The van der Waals surface area contributed by atoms with Gasteiger partial charge in [0.2, 0.25) is 0 Å². The molecule has 1 N–H and O–H groups in total. The van der Waals surface area contributed by atoms with Gasteiger partial charge in [0, 0.05) is 12.5 Å². The molecule has 2 aromatic rings. The largest absolute Gasteiger partial charge is 0.508 e. The summed E-state index contributed by atoms with van der Waals surface area (Å²) < 4.78 is 18.6. The normalized spacial score (nSPS) is 11.1. The number of rotatable bonds is 4. The van der Waals surface area contributed by atoms with E-state index in [-0.39, 0.29) is 17.2 Å². The van der Waals surface area contributed by atoms with Crippen LogP contribution >= 0.6 is 0 Å². The maximum Gasteiger partial charge on any atom is 0.260 e. The number of phenolic OH excluding ortho intramolecular Hbond substituents is 1. The van der Waals surface area contributed by atoms with Crippen LogP contribution in [0.4, 0.5) is 4.39 Å². The van der Waals surface area contributed by atoms with Gasteiger partial charge in [-0.2, -0.15) is 4.98 Å². The monoisotopic (exact) mass is 250 g/mol. The van der Waals surface area contributed by atoms with E-state index < -0.39 is 5.82 Å². The maximum atomic E-state index is 13.6. The van der Waals surface area contributed by atoms with Crippen LogP contribution in [0.1, 0.15) is 26.1 Å². The topological polar surface area (TPSA) is 59.2 Å². The van der Waals surface area contributed by atoms with Crippen molar-refractivity contribution in [2.75, 3.05) is 0 Å².